The van der Waals surface area contributed by atoms with Gasteiger partial charge in [0.05, 0.1) is 5.69 Å². The zero-order valence-electron chi connectivity index (χ0n) is 12.8. The van der Waals surface area contributed by atoms with E-state index < -0.39 is 0 Å². The summed E-state index contributed by atoms with van der Waals surface area (Å²) in [7, 11) is 0. The van der Waals surface area contributed by atoms with Crippen molar-refractivity contribution in [3.63, 3.8) is 0 Å². The molecule has 21 heavy (non-hydrogen) atoms. The molecule has 0 atom stereocenters. The Balaban J connectivity index is 2.21. The Hall–Kier alpha value is -2.30. The first-order valence-corrected chi connectivity index (χ1v) is 7.35. The molecule has 1 heterocycles. The summed E-state index contributed by atoms with van der Waals surface area (Å²) in [6, 6.07) is 7.45. The zero-order chi connectivity index (χ0) is 15.4. The van der Waals surface area contributed by atoms with E-state index in [1.165, 1.54) is 0 Å². The molecular weight excluding hydrogens is 264 g/mol. The Kier molecular flexibility index (Phi) is 4.62. The van der Waals surface area contributed by atoms with Crippen LogP contribution in [-0.4, -0.2) is 15.7 Å². The molecule has 5 heteroatoms. The number of hydrogen-bond donors (Lipinski definition) is 2. The first-order valence-electron chi connectivity index (χ1n) is 7.35. The number of aromatic nitrogens is 2. The molecule has 0 bridgehead atoms. The summed E-state index contributed by atoms with van der Waals surface area (Å²) in [5.41, 5.74) is 9.95. The van der Waals surface area contributed by atoms with E-state index in [-0.39, 0.29) is 5.91 Å². The standard InChI is InChI=1S/C16H22N4O/c1-4-11-7-8-13(9-14(11)17)18-16(21)15-10-12(5-2)19-20(15)6-3/h7-10H,4-6,17H2,1-3H3,(H,18,21). The number of nitrogens with one attached hydrogen (secondary N) is 1. The lowest BCUT2D eigenvalue weighted by Gasteiger charge is -2.09. The van der Waals surface area contributed by atoms with Crippen LogP contribution in [0.15, 0.2) is 24.3 Å². The highest BCUT2D eigenvalue weighted by Gasteiger charge is 2.14. The van der Waals surface area contributed by atoms with Crippen LogP contribution in [0.3, 0.4) is 0 Å². The second-order valence-corrected chi connectivity index (χ2v) is 4.91. The summed E-state index contributed by atoms with van der Waals surface area (Å²) in [4.78, 5) is 12.4. The van der Waals surface area contributed by atoms with Gasteiger partial charge in [0, 0.05) is 17.9 Å². The Morgan fingerprint density at radius 1 is 1.24 bits per heavy atom. The number of nitrogens with two attached hydrogens (primary N) is 1. The van der Waals surface area contributed by atoms with Crippen LogP contribution in [0.2, 0.25) is 0 Å². The largest absolute Gasteiger partial charge is 0.398 e. The number of aryl methyl sites for hydroxylation is 3. The van der Waals surface area contributed by atoms with Gasteiger partial charge in [-0.3, -0.25) is 9.48 Å². The smallest absolute Gasteiger partial charge is 0.273 e. The van der Waals surface area contributed by atoms with Gasteiger partial charge in [0.1, 0.15) is 5.69 Å². The minimum Gasteiger partial charge on any atom is -0.398 e. The molecule has 0 aliphatic carbocycles. The Morgan fingerprint density at radius 3 is 2.57 bits per heavy atom. The maximum absolute atomic E-state index is 12.4. The minimum absolute atomic E-state index is 0.160. The SMILES string of the molecule is CCc1cc(C(=O)Nc2ccc(CC)c(N)c2)n(CC)n1. The number of rotatable bonds is 5. The number of benzene rings is 1. The van der Waals surface area contributed by atoms with E-state index in [1.54, 1.807) is 10.7 Å². The number of amides is 1. The summed E-state index contributed by atoms with van der Waals surface area (Å²) in [6.07, 6.45) is 1.69. The Labute approximate surface area is 125 Å². The normalized spacial score (nSPS) is 10.6. The van der Waals surface area contributed by atoms with E-state index in [2.05, 4.69) is 17.3 Å². The van der Waals surface area contributed by atoms with Gasteiger partial charge in [0.2, 0.25) is 0 Å². The highest BCUT2D eigenvalue weighted by molar-refractivity contribution is 6.03. The van der Waals surface area contributed by atoms with Crippen molar-refractivity contribution < 1.29 is 4.79 Å². The monoisotopic (exact) mass is 286 g/mol. The van der Waals surface area contributed by atoms with Crippen LogP contribution >= 0.6 is 0 Å². The highest BCUT2D eigenvalue weighted by atomic mass is 16.2. The molecule has 0 unspecified atom stereocenters. The second kappa shape index (κ2) is 6.43. The fraction of sp³-hybridized carbons (Fsp3) is 0.375. The van der Waals surface area contributed by atoms with Crippen LogP contribution in [0.25, 0.3) is 0 Å². The van der Waals surface area contributed by atoms with Crippen LogP contribution in [0.1, 0.15) is 42.5 Å². The molecule has 0 spiro atoms. The van der Waals surface area contributed by atoms with Gasteiger partial charge in [-0.25, -0.2) is 0 Å². The van der Waals surface area contributed by atoms with Gasteiger partial charge < -0.3 is 11.1 Å². The zero-order valence-corrected chi connectivity index (χ0v) is 12.8. The summed E-state index contributed by atoms with van der Waals surface area (Å²) in [5, 5.41) is 7.27. The van der Waals surface area contributed by atoms with E-state index in [0.717, 1.165) is 24.1 Å². The first kappa shape index (κ1) is 15.1. The topological polar surface area (TPSA) is 72.9 Å². The number of nitrogen functional groups attached to an aromatic ring is 1. The maximum Gasteiger partial charge on any atom is 0.273 e. The molecule has 112 valence electrons. The van der Waals surface area contributed by atoms with Crippen molar-refractivity contribution >= 4 is 17.3 Å². The summed E-state index contributed by atoms with van der Waals surface area (Å²) < 4.78 is 1.72. The molecule has 0 aliphatic rings. The number of nitrogens with zero attached hydrogens (tertiary/aromatic N) is 2. The number of hydrogen-bond acceptors (Lipinski definition) is 3. The van der Waals surface area contributed by atoms with E-state index in [4.69, 9.17) is 5.73 Å². The summed E-state index contributed by atoms with van der Waals surface area (Å²) in [6.45, 7) is 6.71. The van der Waals surface area contributed by atoms with Gasteiger partial charge in [-0.15, -0.1) is 0 Å². The highest BCUT2D eigenvalue weighted by Crippen LogP contribution is 2.19. The number of carbonyl (C=O) groups excluding carboxylic acids is 1. The molecular formula is C16H22N4O. The predicted octanol–water partition coefficient (Wildman–Crippen LogP) is 2.86. The third-order valence-electron chi connectivity index (χ3n) is 3.51. The minimum atomic E-state index is -0.160. The Morgan fingerprint density at radius 2 is 2.00 bits per heavy atom. The molecule has 1 amide bonds. The van der Waals surface area contributed by atoms with Gasteiger partial charge in [-0.1, -0.05) is 19.9 Å². The van der Waals surface area contributed by atoms with Crippen LogP contribution in [0.4, 0.5) is 11.4 Å². The lowest BCUT2D eigenvalue weighted by molar-refractivity contribution is 0.101. The van der Waals surface area contributed by atoms with Gasteiger partial charge in [-0.05, 0) is 43.5 Å². The van der Waals surface area contributed by atoms with E-state index in [9.17, 15) is 4.79 Å². The molecule has 1 aromatic carbocycles. The van der Waals surface area contributed by atoms with Gasteiger partial charge in [0.15, 0.2) is 0 Å². The van der Waals surface area contributed by atoms with E-state index >= 15 is 0 Å². The molecule has 0 aliphatic heterocycles. The molecule has 2 aromatic rings. The van der Waals surface area contributed by atoms with Crippen molar-refractivity contribution in [2.45, 2.75) is 40.2 Å². The van der Waals surface area contributed by atoms with Crippen LogP contribution < -0.4 is 11.1 Å². The fourth-order valence-corrected chi connectivity index (χ4v) is 2.26. The van der Waals surface area contributed by atoms with E-state index in [0.29, 0.717) is 23.6 Å². The molecule has 0 fully saturated rings. The van der Waals surface area contributed by atoms with Crippen LogP contribution in [0, 0.1) is 0 Å². The van der Waals surface area contributed by atoms with Crippen molar-refractivity contribution in [3.05, 3.63) is 41.2 Å². The van der Waals surface area contributed by atoms with Crippen molar-refractivity contribution in [2.24, 2.45) is 0 Å². The Bertz CT molecular complexity index is 646. The molecule has 3 N–H and O–H groups in total. The molecule has 0 saturated carbocycles. The van der Waals surface area contributed by atoms with Gasteiger partial charge in [-0.2, -0.15) is 5.10 Å². The molecule has 5 nitrogen and oxygen atoms in total. The van der Waals surface area contributed by atoms with Gasteiger partial charge >= 0.3 is 0 Å². The second-order valence-electron chi connectivity index (χ2n) is 4.91. The van der Waals surface area contributed by atoms with Gasteiger partial charge in [0.25, 0.3) is 5.91 Å². The predicted molar refractivity (Wildman–Crippen MR) is 85.5 cm³/mol. The lowest BCUT2D eigenvalue weighted by Crippen LogP contribution is -2.17. The van der Waals surface area contributed by atoms with Crippen LogP contribution in [-0.2, 0) is 19.4 Å². The van der Waals surface area contributed by atoms with E-state index in [1.807, 2.05) is 32.0 Å². The first-order chi connectivity index (χ1) is 10.1. The van der Waals surface area contributed by atoms with Crippen molar-refractivity contribution in [1.82, 2.24) is 9.78 Å². The van der Waals surface area contributed by atoms with Crippen LogP contribution in [0.5, 0.6) is 0 Å². The van der Waals surface area contributed by atoms with Crippen molar-refractivity contribution in [2.75, 3.05) is 11.1 Å². The molecule has 1 aromatic heterocycles. The molecule has 0 radical (unpaired) electrons. The summed E-state index contributed by atoms with van der Waals surface area (Å²) in [5.74, 6) is -0.160. The average Bonchev–Trinajstić information content (AvgIpc) is 2.91. The quantitative estimate of drug-likeness (QED) is 0.830. The number of anilines is 2. The van der Waals surface area contributed by atoms with Crippen molar-refractivity contribution in [3.8, 4) is 0 Å². The third kappa shape index (κ3) is 3.24. The maximum atomic E-state index is 12.4. The number of carbonyl (C=O) groups is 1. The lowest BCUT2D eigenvalue weighted by atomic mass is 10.1. The van der Waals surface area contributed by atoms with Crippen molar-refractivity contribution in [1.29, 1.82) is 0 Å². The molecule has 0 saturated heterocycles. The average molecular weight is 286 g/mol. The third-order valence-corrected chi connectivity index (χ3v) is 3.51. The summed E-state index contributed by atoms with van der Waals surface area (Å²) >= 11 is 0. The molecule has 2 rings (SSSR count). The fourth-order valence-electron chi connectivity index (χ4n) is 2.26.